The molecule has 29 heavy (non-hydrogen) atoms. The molecule has 0 spiro atoms. The molecule has 0 atom stereocenters. The molecule has 0 aromatic heterocycles. The molecule has 0 saturated carbocycles. The minimum absolute atomic E-state index is 0.0324. The fourth-order valence-corrected chi connectivity index (χ4v) is 5.01. The third kappa shape index (κ3) is 4.48. The van der Waals surface area contributed by atoms with Crippen LogP contribution in [0.1, 0.15) is 18.4 Å². The van der Waals surface area contributed by atoms with E-state index in [9.17, 15) is 13.2 Å². The molecule has 1 aliphatic heterocycles. The minimum atomic E-state index is -4.04. The number of anilines is 1. The number of nitrogens with zero attached hydrogens (tertiary/aromatic N) is 2. The molecule has 1 heterocycles. The normalized spacial score (nSPS) is 14.0. The number of hydrogen-bond donors (Lipinski definition) is 0. The van der Waals surface area contributed by atoms with Gasteiger partial charge < -0.3 is 14.4 Å². The number of likely N-dealkylation sites (tertiary alicyclic amines) is 1. The van der Waals surface area contributed by atoms with E-state index in [1.54, 1.807) is 47.4 Å². The Kier molecular flexibility index (Phi) is 6.32. The van der Waals surface area contributed by atoms with E-state index in [0.29, 0.717) is 24.5 Å². The standard InChI is InChI=1S/C21H26N2O5S/c1-16-6-11-19(28-3)20(14-16)29(25,26)23(15-21(24)22-12-4-5-13-22)17-7-9-18(27-2)10-8-17/h6-11,14H,4-5,12-13,15H2,1-3H3. The van der Waals surface area contributed by atoms with Gasteiger partial charge in [-0.15, -0.1) is 0 Å². The molecular weight excluding hydrogens is 392 g/mol. The molecule has 0 aliphatic carbocycles. The average molecular weight is 419 g/mol. The number of benzene rings is 2. The molecule has 3 rings (SSSR count). The van der Waals surface area contributed by atoms with Gasteiger partial charge in [-0.25, -0.2) is 8.42 Å². The smallest absolute Gasteiger partial charge is 0.268 e. The molecule has 1 fully saturated rings. The highest BCUT2D eigenvalue weighted by molar-refractivity contribution is 7.93. The zero-order chi connectivity index (χ0) is 21.0. The van der Waals surface area contributed by atoms with E-state index in [0.717, 1.165) is 22.7 Å². The summed E-state index contributed by atoms with van der Waals surface area (Å²) in [6.45, 7) is 2.85. The van der Waals surface area contributed by atoms with Crippen LogP contribution in [0.5, 0.6) is 11.5 Å². The molecular formula is C21H26N2O5S. The Bertz CT molecular complexity index is 967. The first-order valence-electron chi connectivity index (χ1n) is 9.46. The minimum Gasteiger partial charge on any atom is -0.497 e. The first kappa shape index (κ1) is 21.0. The van der Waals surface area contributed by atoms with Crippen LogP contribution in [0.2, 0.25) is 0 Å². The second-order valence-corrected chi connectivity index (χ2v) is 8.78. The largest absolute Gasteiger partial charge is 0.497 e. The second-order valence-electron chi connectivity index (χ2n) is 6.95. The highest BCUT2D eigenvalue weighted by atomic mass is 32.2. The molecule has 0 unspecified atom stereocenters. The van der Waals surface area contributed by atoms with Gasteiger partial charge in [-0.3, -0.25) is 9.10 Å². The predicted octanol–water partition coefficient (Wildman–Crippen LogP) is 2.83. The SMILES string of the molecule is COc1ccc(N(CC(=O)N2CCCC2)S(=O)(=O)c2cc(C)ccc2OC)cc1. The van der Waals surface area contributed by atoms with Crippen LogP contribution in [0, 0.1) is 6.92 Å². The van der Waals surface area contributed by atoms with E-state index in [2.05, 4.69) is 0 Å². The van der Waals surface area contributed by atoms with Crippen LogP contribution in [0.3, 0.4) is 0 Å². The van der Waals surface area contributed by atoms with Crippen molar-refractivity contribution in [3.8, 4) is 11.5 Å². The number of sulfonamides is 1. The first-order valence-corrected chi connectivity index (χ1v) is 10.9. The molecule has 1 amide bonds. The lowest BCUT2D eigenvalue weighted by Gasteiger charge is -2.27. The average Bonchev–Trinajstić information content (AvgIpc) is 3.27. The van der Waals surface area contributed by atoms with E-state index in [1.807, 2.05) is 6.92 Å². The zero-order valence-electron chi connectivity index (χ0n) is 16.9. The van der Waals surface area contributed by atoms with Crippen LogP contribution in [0.4, 0.5) is 5.69 Å². The van der Waals surface area contributed by atoms with Crippen molar-refractivity contribution in [2.24, 2.45) is 0 Å². The van der Waals surface area contributed by atoms with Gasteiger partial charge in [-0.2, -0.15) is 0 Å². The molecule has 1 saturated heterocycles. The van der Waals surface area contributed by atoms with Gasteiger partial charge >= 0.3 is 0 Å². The number of aryl methyl sites for hydroxylation is 1. The summed E-state index contributed by atoms with van der Waals surface area (Å²) in [7, 11) is -1.08. The summed E-state index contributed by atoms with van der Waals surface area (Å²) in [5.74, 6) is 0.626. The van der Waals surface area contributed by atoms with Crippen molar-refractivity contribution < 1.29 is 22.7 Å². The number of rotatable bonds is 7. The molecule has 2 aromatic rings. The lowest BCUT2D eigenvalue weighted by molar-refractivity contribution is -0.128. The number of amides is 1. The van der Waals surface area contributed by atoms with Crippen molar-refractivity contribution in [1.29, 1.82) is 0 Å². The van der Waals surface area contributed by atoms with Crippen molar-refractivity contribution in [1.82, 2.24) is 4.90 Å². The highest BCUT2D eigenvalue weighted by Crippen LogP contribution is 2.31. The van der Waals surface area contributed by atoms with E-state index in [1.165, 1.54) is 14.2 Å². The van der Waals surface area contributed by atoms with Crippen LogP contribution >= 0.6 is 0 Å². The quantitative estimate of drug-likeness (QED) is 0.691. The molecule has 0 N–H and O–H groups in total. The van der Waals surface area contributed by atoms with E-state index >= 15 is 0 Å². The van der Waals surface area contributed by atoms with Gasteiger partial charge in [0.2, 0.25) is 5.91 Å². The Morgan fingerprint density at radius 2 is 1.69 bits per heavy atom. The molecule has 2 aromatic carbocycles. The molecule has 0 radical (unpaired) electrons. The van der Waals surface area contributed by atoms with Gasteiger partial charge in [-0.05, 0) is 61.7 Å². The topological polar surface area (TPSA) is 76.2 Å². The highest BCUT2D eigenvalue weighted by Gasteiger charge is 2.32. The summed E-state index contributed by atoms with van der Waals surface area (Å²) in [5, 5.41) is 0. The van der Waals surface area contributed by atoms with Crippen molar-refractivity contribution in [3.63, 3.8) is 0 Å². The molecule has 156 valence electrons. The Morgan fingerprint density at radius 1 is 1.03 bits per heavy atom. The molecule has 7 nitrogen and oxygen atoms in total. The van der Waals surface area contributed by atoms with Crippen LogP contribution in [0.25, 0.3) is 0 Å². The van der Waals surface area contributed by atoms with Crippen LogP contribution in [0.15, 0.2) is 47.4 Å². The van der Waals surface area contributed by atoms with Crippen LogP contribution in [-0.4, -0.2) is 53.1 Å². The van der Waals surface area contributed by atoms with E-state index in [4.69, 9.17) is 9.47 Å². The van der Waals surface area contributed by atoms with Gasteiger partial charge in [0.15, 0.2) is 0 Å². The Hall–Kier alpha value is -2.74. The van der Waals surface area contributed by atoms with E-state index < -0.39 is 10.0 Å². The second kappa shape index (κ2) is 8.73. The summed E-state index contributed by atoms with van der Waals surface area (Å²) < 4.78 is 38.8. The molecule has 0 bridgehead atoms. The number of carbonyl (C=O) groups excluding carboxylic acids is 1. The Morgan fingerprint density at radius 3 is 2.28 bits per heavy atom. The van der Waals surface area contributed by atoms with Gasteiger partial charge in [0.05, 0.1) is 19.9 Å². The van der Waals surface area contributed by atoms with Gasteiger partial charge in [0, 0.05) is 13.1 Å². The lowest BCUT2D eigenvalue weighted by atomic mass is 10.2. The fraction of sp³-hybridized carbons (Fsp3) is 0.381. The Labute approximate surface area is 171 Å². The maximum Gasteiger partial charge on any atom is 0.268 e. The lowest BCUT2D eigenvalue weighted by Crippen LogP contribution is -2.42. The van der Waals surface area contributed by atoms with Crippen LogP contribution < -0.4 is 13.8 Å². The number of methoxy groups -OCH3 is 2. The van der Waals surface area contributed by atoms with Crippen molar-refractivity contribution in [3.05, 3.63) is 48.0 Å². The van der Waals surface area contributed by atoms with Gasteiger partial charge in [0.25, 0.3) is 10.0 Å². The monoisotopic (exact) mass is 418 g/mol. The summed E-state index contributed by atoms with van der Waals surface area (Å²) >= 11 is 0. The Balaban J connectivity index is 2.05. The fourth-order valence-electron chi connectivity index (χ4n) is 3.36. The zero-order valence-corrected chi connectivity index (χ0v) is 17.7. The summed E-state index contributed by atoms with van der Waals surface area (Å²) in [4.78, 5) is 14.6. The molecule has 1 aliphatic rings. The van der Waals surface area contributed by atoms with Crippen LogP contribution in [-0.2, 0) is 14.8 Å². The van der Waals surface area contributed by atoms with Crippen molar-refractivity contribution >= 4 is 21.6 Å². The third-order valence-electron chi connectivity index (χ3n) is 4.99. The van der Waals surface area contributed by atoms with Gasteiger partial charge in [-0.1, -0.05) is 6.07 Å². The molecule has 8 heteroatoms. The maximum atomic E-state index is 13.6. The maximum absolute atomic E-state index is 13.6. The predicted molar refractivity (Wildman–Crippen MR) is 111 cm³/mol. The third-order valence-corrected chi connectivity index (χ3v) is 6.78. The number of hydrogen-bond acceptors (Lipinski definition) is 5. The summed E-state index contributed by atoms with van der Waals surface area (Å²) in [6, 6.07) is 11.6. The van der Waals surface area contributed by atoms with Crippen molar-refractivity contribution in [2.75, 3.05) is 38.2 Å². The first-order chi connectivity index (χ1) is 13.9. The number of ether oxygens (including phenoxy) is 2. The summed E-state index contributed by atoms with van der Waals surface area (Å²) in [6.07, 6.45) is 1.87. The van der Waals surface area contributed by atoms with E-state index in [-0.39, 0.29) is 23.1 Å². The number of carbonyl (C=O) groups is 1. The van der Waals surface area contributed by atoms with Crippen molar-refractivity contribution in [2.45, 2.75) is 24.7 Å². The summed E-state index contributed by atoms with van der Waals surface area (Å²) in [5.41, 5.74) is 1.17. The van der Waals surface area contributed by atoms with Gasteiger partial charge in [0.1, 0.15) is 22.9 Å².